The summed E-state index contributed by atoms with van der Waals surface area (Å²) in [5.74, 6) is -3.53. The molecule has 4 nitrogen and oxygen atoms in total. The van der Waals surface area contributed by atoms with E-state index in [1.165, 1.54) is 0 Å². The lowest BCUT2D eigenvalue weighted by atomic mass is 9.78. The first-order valence-electron chi connectivity index (χ1n) is 5.54. The van der Waals surface area contributed by atoms with Crippen LogP contribution in [0.5, 0.6) is 0 Å². The third kappa shape index (κ3) is 2.08. The highest BCUT2D eigenvalue weighted by Gasteiger charge is 2.54. The quantitative estimate of drug-likeness (QED) is 0.661. The van der Waals surface area contributed by atoms with Gasteiger partial charge in [0.2, 0.25) is 0 Å². The Hall–Kier alpha value is -1.55. The van der Waals surface area contributed by atoms with Crippen molar-refractivity contribution in [2.45, 2.75) is 25.4 Å². The van der Waals surface area contributed by atoms with Crippen LogP contribution in [-0.2, 0) is 14.3 Å². The van der Waals surface area contributed by atoms with Crippen LogP contribution in [0.15, 0.2) is 24.3 Å². The number of halogens is 1. The van der Waals surface area contributed by atoms with Crippen LogP contribution in [0.1, 0.15) is 25.3 Å². The van der Waals surface area contributed by atoms with Crippen molar-refractivity contribution in [3.63, 3.8) is 0 Å². The number of ether oxygens (including phenoxy) is 1. The Labute approximate surface area is 110 Å². The van der Waals surface area contributed by atoms with Crippen LogP contribution in [0.2, 0.25) is 5.02 Å². The predicted molar refractivity (Wildman–Crippen MR) is 65.5 cm³/mol. The molecular weight excluding hydrogens is 256 g/mol. The smallest absolute Gasteiger partial charge is 0.321 e. The Bertz CT molecular complexity index is 492. The molecule has 1 aliphatic heterocycles. The number of hydrogen-bond acceptors (Lipinski definition) is 3. The minimum atomic E-state index is -1.17. The summed E-state index contributed by atoms with van der Waals surface area (Å²) in [6, 6.07) is 6.81. The number of hydrogen-bond donors (Lipinski definition) is 1. The van der Waals surface area contributed by atoms with Crippen molar-refractivity contribution in [3.8, 4) is 0 Å². The van der Waals surface area contributed by atoms with Gasteiger partial charge < -0.3 is 9.84 Å². The molecule has 0 aromatic heterocycles. The average Bonchev–Trinajstić information content (AvgIpc) is 2.49. The van der Waals surface area contributed by atoms with Gasteiger partial charge in [0.1, 0.15) is 5.60 Å². The molecule has 0 bridgehead atoms. The van der Waals surface area contributed by atoms with Crippen molar-refractivity contribution in [1.29, 1.82) is 0 Å². The zero-order chi connectivity index (χ0) is 13.5. The third-order valence-corrected chi connectivity index (χ3v) is 3.45. The van der Waals surface area contributed by atoms with E-state index in [1.54, 1.807) is 38.1 Å². The van der Waals surface area contributed by atoms with Crippen LogP contribution in [-0.4, -0.2) is 22.6 Å². The second-order valence-corrected chi connectivity index (χ2v) is 5.31. The maximum absolute atomic E-state index is 11.7. The van der Waals surface area contributed by atoms with Gasteiger partial charge in [-0.3, -0.25) is 9.59 Å². The highest BCUT2D eigenvalue weighted by Crippen LogP contribution is 2.44. The topological polar surface area (TPSA) is 63.6 Å². The standard InChI is InChI=1S/C13H13ClO4/c1-13(2)10(7-3-5-8(14)6-4-7)9(11(15)16)12(17)18-13/h3-6,9-10H,1-2H3,(H,15,16). The van der Waals surface area contributed by atoms with E-state index in [0.29, 0.717) is 5.02 Å². The second kappa shape index (κ2) is 4.28. The van der Waals surface area contributed by atoms with Crippen molar-refractivity contribution in [2.75, 3.05) is 0 Å². The van der Waals surface area contributed by atoms with E-state index in [-0.39, 0.29) is 0 Å². The van der Waals surface area contributed by atoms with E-state index in [9.17, 15) is 14.7 Å². The van der Waals surface area contributed by atoms with Crippen molar-refractivity contribution in [1.82, 2.24) is 0 Å². The molecule has 0 saturated carbocycles. The van der Waals surface area contributed by atoms with Gasteiger partial charge in [-0.05, 0) is 31.5 Å². The minimum Gasteiger partial charge on any atom is -0.481 e. The average molecular weight is 269 g/mol. The van der Waals surface area contributed by atoms with E-state index >= 15 is 0 Å². The molecule has 1 N–H and O–H groups in total. The third-order valence-electron chi connectivity index (χ3n) is 3.20. The lowest BCUT2D eigenvalue weighted by Crippen LogP contribution is -2.31. The molecule has 2 atom stereocenters. The summed E-state index contributed by atoms with van der Waals surface area (Å²) in [7, 11) is 0. The summed E-state index contributed by atoms with van der Waals surface area (Å²) in [6.07, 6.45) is 0. The van der Waals surface area contributed by atoms with Crippen molar-refractivity contribution >= 4 is 23.5 Å². The first kappa shape index (κ1) is 12.9. The molecule has 0 spiro atoms. The highest BCUT2D eigenvalue weighted by atomic mass is 35.5. The van der Waals surface area contributed by atoms with Gasteiger partial charge in [0, 0.05) is 10.9 Å². The Morgan fingerprint density at radius 2 is 1.89 bits per heavy atom. The number of aliphatic carboxylic acids is 1. The number of esters is 1. The Kier molecular flexibility index (Phi) is 3.07. The molecule has 1 fully saturated rings. The lowest BCUT2D eigenvalue weighted by Gasteiger charge is -2.26. The van der Waals surface area contributed by atoms with Crippen molar-refractivity contribution < 1.29 is 19.4 Å². The number of cyclic esters (lactones) is 1. The molecule has 5 heteroatoms. The lowest BCUT2D eigenvalue weighted by molar-refractivity contribution is -0.154. The molecule has 1 aromatic carbocycles. The molecule has 1 aliphatic rings. The molecule has 0 aliphatic carbocycles. The molecule has 0 amide bonds. The first-order chi connectivity index (χ1) is 8.33. The van der Waals surface area contributed by atoms with Crippen LogP contribution in [0.4, 0.5) is 0 Å². The molecule has 1 heterocycles. The van der Waals surface area contributed by atoms with Crippen molar-refractivity contribution in [3.05, 3.63) is 34.9 Å². The van der Waals surface area contributed by atoms with Gasteiger partial charge in [0.25, 0.3) is 0 Å². The van der Waals surface area contributed by atoms with Gasteiger partial charge >= 0.3 is 11.9 Å². The molecule has 2 unspecified atom stereocenters. The molecule has 18 heavy (non-hydrogen) atoms. The Morgan fingerprint density at radius 1 is 1.33 bits per heavy atom. The number of carboxylic acids is 1. The summed E-state index contributed by atoms with van der Waals surface area (Å²) in [6.45, 7) is 3.43. The number of carboxylic acid groups (broad SMARTS) is 1. The van der Waals surface area contributed by atoms with Crippen LogP contribution in [0, 0.1) is 5.92 Å². The molecule has 96 valence electrons. The highest BCUT2D eigenvalue weighted by molar-refractivity contribution is 6.30. The number of carbonyl (C=O) groups is 2. The molecule has 2 rings (SSSR count). The molecule has 0 radical (unpaired) electrons. The number of benzene rings is 1. The van der Waals surface area contributed by atoms with E-state index in [2.05, 4.69) is 0 Å². The number of rotatable bonds is 2. The summed E-state index contributed by atoms with van der Waals surface area (Å²) in [4.78, 5) is 22.9. The van der Waals surface area contributed by atoms with E-state index in [4.69, 9.17) is 16.3 Å². The fourth-order valence-electron chi connectivity index (χ4n) is 2.43. The fraction of sp³-hybridized carbons (Fsp3) is 0.385. The van der Waals surface area contributed by atoms with Gasteiger partial charge in [0.05, 0.1) is 0 Å². The van der Waals surface area contributed by atoms with Gasteiger partial charge in [-0.25, -0.2) is 0 Å². The second-order valence-electron chi connectivity index (χ2n) is 4.87. The van der Waals surface area contributed by atoms with E-state index in [1.807, 2.05) is 0 Å². The predicted octanol–water partition coefficient (Wildman–Crippen LogP) is 2.46. The molecular formula is C13H13ClO4. The largest absolute Gasteiger partial charge is 0.481 e. The van der Waals surface area contributed by atoms with Crippen LogP contribution < -0.4 is 0 Å². The van der Waals surface area contributed by atoms with Crippen LogP contribution in [0.25, 0.3) is 0 Å². The summed E-state index contributed by atoms with van der Waals surface area (Å²) in [5, 5.41) is 9.74. The summed E-state index contributed by atoms with van der Waals surface area (Å²) < 4.78 is 5.17. The minimum absolute atomic E-state index is 0.514. The van der Waals surface area contributed by atoms with Gasteiger partial charge in [0.15, 0.2) is 5.92 Å². The zero-order valence-electron chi connectivity index (χ0n) is 10.0. The van der Waals surface area contributed by atoms with E-state index in [0.717, 1.165) is 5.56 Å². The number of carbonyl (C=O) groups excluding carboxylic acids is 1. The van der Waals surface area contributed by atoms with Crippen LogP contribution >= 0.6 is 11.6 Å². The van der Waals surface area contributed by atoms with Crippen LogP contribution in [0.3, 0.4) is 0 Å². The normalized spacial score (nSPS) is 25.8. The monoisotopic (exact) mass is 268 g/mol. The molecule has 1 aromatic rings. The van der Waals surface area contributed by atoms with Gasteiger partial charge in [-0.15, -0.1) is 0 Å². The first-order valence-corrected chi connectivity index (χ1v) is 5.92. The fourth-order valence-corrected chi connectivity index (χ4v) is 2.56. The Morgan fingerprint density at radius 3 is 2.39 bits per heavy atom. The van der Waals surface area contributed by atoms with Gasteiger partial charge in [-0.1, -0.05) is 23.7 Å². The zero-order valence-corrected chi connectivity index (χ0v) is 10.8. The van der Waals surface area contributed by atoms with Gasteiger partial charge in [-0.2, -0.15) is 0 Å². The SMILES string of the molecule is CC1(C)OC(=O)C(C(=O)O)C1c1ccc(Cl)cc1. The summed E-state index contributed by atoms with van der Waals surface area (Å²) >= 11 is 5.80. The summed E-state index contributed by atoms with van der Waals surface area (Å²) in [5.41, 5.74) is -0.101. The van der Waals surface area contributed by atoms with E-state index < -0.39 is 29.4 Å². The maximum Gasteiger partial charge on any atom is 0.321 e. The molecule has 1 saturated heterocycles. The van der Waals surface area contributed by atoms with Crippen molar-refractivity contribution in [2.24, 2.45) is 5.92 Å². The maximum atomic E-state index is 11.7. The Balaban J connectivity index is 2.47.